The van der Waals surface area contributed by atoms with Gasteiger partial charge in [0.25, 0.3) is 5.92 Å². The van der Waals surface area contributed by atoms with Crippen molar-refractivity contribution in [3.05, 3.63) is 65.0 Å². The number of amides is 1. The van der Waals surface area contributed by atoms with Gasteiger partial charge in [0, 0.05) is 43.3 Å². The zero-order chi connectivity index (χ0) is 22.4. The minimum atomic E-state index is -2.54. The third-order valence-electron chi connectivity index (χ3n) is 4.98. The third-order valence-corrected chi connectivity index (χ3v) is 5.30. The van der Waals surface area contributed by atoms with Gasteiger partial charge >= 0.3 is 0 Å². The number of likely N-dealkylation sites (tertiary alicyclic amines) is 1. The lowest BCUT2D eigenvalue weighted by Gasteiger charge is -2.28. The van der Waals surface area contributed by atoms with Gasteiger partial charge in [0.2, 0.25) is 6.41 Å². The number of carbonyl (C=O) groups is 1. The van der Waals surface area contributed by atoms with Crippen molar-refractivity contribution >= 4 is 18.0 Å². The topological polar surface area (TPSA) is 72.4 Å². The molecule has 0 bridgehead atoms. The maximum absolute atomic E-state index is 12.4. The summed E-state index contributed by atoms with van der Waals surface area (Å²) in [4.78, 5) is 15.8. The van der Waals surface area contributed by atoms with Crippen LogP contribution >= 0.6 is 11.6 Å². The van der Waals surface area contributed by atoms with Crippen LogP contribution in [0.2, 0.25) is 5.02 Å². The highest BCUT2D eigenvalue weighted by Gasteiger charge is 2.33. The summed E-state index contributed by atoms with van der Waals surface area (Å²) >= 11 is 6.38. The molecule has 0 spiro atoms. The number of carbonyl (C=O) groups excluding carboxylic acids is 1. The molecule has 1 aliphatic heterocycles. The number of hydrogen-bond acceptors (Lipinski definition) is 4. The Morgan fingerprint density at radius 1 is 1.19 bits per heavy atom. The van der Waals surface area contributed by atoms with E-state index < -0.39 is 5.92 Å². The zero-order valence-corrected chi connectivity index (χ0v) is 17.9. The van der Waals surface area contributed by atoms with Crippen LogP contribution in [0.25, 0.3) is 22.6 Å². The Morgan fingerprint density at radius 3 is 2.48 bits per heavy atom. The van der Waals surface area contributed by atoms with Gasteiger partial charge in [-0.25, -0.2) is 8.78 Å². The van der Waals surface area contributed by atoms with Crippen LogP contribution in [0.4, 0.5) is 8.78 Å². The number of alkyl halides is 2. The van der Waals surface area contributed by atoms with Crippen LogP contribution in [0.3, 0.4) is 0 Å². The predicted octanol–water partition coefficient (Wildman–Crippen LogP) is 5.30. The number of piperidine rings is 1. The Balaban J connectivity index is 0.000000229. The fourth-order valence-corrected chi connectivity index (χ4v) is 3.38. The Hall–Kier alpha value is -2.77. The van der Waals surface area contributed by atoms with Crippen LogP contribution in [-0.2, 0) is 11.3 Å². The number of aromatic nitrogens is 1. The van der Waals surface area contributed by atoms with Gasteiger partial charge in [-0.1, -0.05) is 23.7 Å². The summed E-state index contributed by atoms with van der Waals surface area (Å²) in [5.74, 6) is -1.08. The van der Waals surface area contributed by atoms with E-state index in [0.717, 1.165) is 33.9 Å². The Labute approximate surface area is 184 Å². The summed E-state index contributed by atoms with van der Waals surface area (Å²) in [5, 5.41) is 0.632. The molecule has 1 amide bonds. The molecule has 3 aromatic rings. The van der Waals surface area contributed by atoms with Gasteiger partial charge < -0.3 is 15.1 Å². The number of halogens is 3. The van der Waals surface area contributed by atoms with Gasteiger partial charge in [-0.2, -0.15) is 0 Å². The Kier molecular flexibility index (Phi) is 7.41. The van der Waals surface area contributed by atoms with Gasteiger partial charge in [-0.3, -0.25) is 9.78 Å². The fourth-order valence-electron chi connectivity index (χ4n) is 3.10. The Bertz CT molecular complexity index is 1010. The summed E-state index contributed by atoms with van der Waals surface area (Å²) in [7, 11) is 0. The average molecular weight is 448 g/mol. The monoisotopic (exact) mass is 447 g/mol. The van der Waals surface area contributed by atoms with Gasteiger partial charge in [0.1, 0.15) is 11.5 Å². The molecule has 164 valence electrons. The SMILES string of the molecule is Cc1ccc(-c2ccc(-c3ccc(CN)o3)c(Cl)c2)nc1.O=CN1CCC(F)(F)CC1. The van der Waals surface area contributed by atoms with E-state index in [9.17, 15) is 13.6 Å². The molecule has 4 rings (SSSR count). The number of pyridine rings is 1. The van der Waals surface area contributed by atoms with Crippen molar-refractivity contribution in [2.45, 2.75) is 32.2 Å². The number of nitrogens with zero attached hydrogens (tertiary/aromatic N) is 2. The van der Waals surface area contributed by atoms with Crippen molar-refractivity contribution in [1.82, 2.24) is 9.88 Å². The highest BCUT2D eigenvalue weighted by molar-refractivity contribution is 6.33. The average Bonchev–Trinajstić information content (AvgIpc) is 3.24. The molecule has 3 heterocycles. The summed E-state index contributed by atoms with van der Waals surface area (Å²) in [5.41, 5.74) is 9.42. The summed E-state index contributed by atoms with van der Waals surface area (Å²) in [6, 6.07) is 13.6. The first kappa shape index (κ1) is 22.9. The quantitative estimate of drug-likeness (QED) is 0.550. The van der Waals surface area contributed by atoms with Gasteiger partial charge in [0.15, 0.2) is 0 Å². The fraction of sp³-hybridized carbons (Fsp3) is 0.304. The number of nitrogens with two attached hydrogens (primary N) is 1. The molecule has 0 radical (unpaired) electrons. The molecule has 5 nitrogen and oxygen atoms in total. The largest absolute Gasteiger partial charge is 0.460 e. The van der Waals surface area contributed by atoms with Crippen LogP contribution < -0.4 is 5.73 Å². The van der Waals surface area contributed by atoms with E-state index in [1.54, 1.807) is 0 Å². The van der Waals surface area contributed by atoms with Crippen molar-refractivity contribution in [1.29, 1.82) is 0 Å². The van der Waals surface area contributed by atoms with Crippen molar-refractivity contribution in [3.8, 4) is 22.6 Å². The van der Waals surface area contributed by atoms with Gasteiger partial charge in [-0.05, 0) is 42.8 Å². The predicted molar refractivity (Wildman–Crippen MR) is 117 cm³/mol. The van der Waals surface area contributed by atoms with Crippen molar-refractivity contribution in [3.63, 3.8) is 0 Å². The molecule has 1 aromatic carbocycles. The van der Waals surface area contributed by atoms with E-state index in [1.165, 1.54) is 4.90 Å². The first-order valence-electron chi connectivity index (χ1n) is 9.90. The highest BCUT2D eigenvalue weighted by atomic mass is 35.5. The molecule has 0 saturated carbocycles. The molecule has 1 fully saturated rings. The molecule has 1 saturated heterocycles. The molecule has 0 unspecified atom stereocenters. The molecule has 0 atom stereocenters. The standard InChI is InChI=1S/C17H15ClN2O.C6H9F2NO/c1-11-2-6-16(20-10-11)12-3-5-14(15(18)8-12)17-7-4-13(9-19)21-17;7-6(8)1-3-9(5-10)4-2-6/h2-8,10H,9,19H2,1H3;5H,1-4H2. The molecule has 2 aromatic heterocycles. The second-order valence-electron chi connectivity index (χ2n) is 7.38. The smallest absolute Gasteiger partial charge is 0.251 e. The number of hydrogen-bond donors (Lipinski definition) is 1. The molecular formula is C23H24ClF2N3O2. The highest BCUT2D eigenvalue weighted by Crippen LogP contribution is 2.32. The van der Waals surface area contributed by atoms with E-state index in [-0.39, 0.29) is 25.9 Å². The van der Waals surface area contributed by atoms with Gasteiger partial charge in [-0.15, -0.1) is 0 Å². The van der Waals surface area contributed by atoms with Crippen molar-refractivity contribution < 1.29 is 18.0 Å². The van der Waals surface area contributed by atoms with Crippen LogP contribution in [0.15, 0.2) is 53.1 Å². The van der Waals surface area contributed by atoms with E-state index in [4.69, 9.17) is 21.8 Å². The van der Waals surface area contributed by atoms with Gasteiger partial charge in [0.05, 0.1) is 17.3 Å². The van der Waals surface area contributed by atoms with E-state index in [2.05, 4.69) is 4.98 Å². The van der Waals surface area contributed by atoms with E-state index in [1.807, 2.05) is 55.6 Å². The van der Waals surface area contributed by atoms with E-state index >= 15 is 0 Å². The maximum atomic E-state index is 12.4. The van der Waals surface area contributed by atoms with Crippen LogP contribution in [0.1, 0.15) is 24.2 Å². The second-order valence-corrected chi connectivity index (χ2v) is 7.79. The minimum absolute atomic E-state index is 0.189. The molecule has 0 aliphatic carbocycles. The molecule has 1 aliphatic rings. The number of benzene rings is 1. The van der Waals surface area contributed by atoms with Crippen LogP contribution in [-0.4, -0.2) is 35.3 Å². The second kappa shape index (κ2) is 10.0. The number of aryl methyl sites for hydroxylation is 1. The lowest BCUT2D eigenvalue weighted by atomic mass is 10.1. The molecule has 31 heavy (non-hydrogen) atoms. The van der Waals surface area contributed by atoms with Crippen molar-refractivity contribution in [2.24, 2.45) is 5.73 Å². The summed E-state index contributed by atoms with van der Waals surface area (Å²) in [6.07, 6.45) is 2.09. The zero-order valence-electron chi connectivity index (χ0n) is 17.2. The molecular weight excluding hydrogens is 424 g/mol. The lowest BCUT2D eigenvalue weighted by molar-refractivity contribution is -0.124. The summed E-state index contributed by atoms with van der Waals surface area (Å²) in [6.45, 7) is 2.77. The molecule has 2 N–H and O–H groups in total. The number of rotatable bonds is 4. The third kappa shape index (κ3) is 6.12. The van der Waals surface area contributed by atoms with Crippen molar-refractivity contribution in [2.75, 3.05) is 13.1 Å². The summed E-state index contributed by atoms with van der Waals surface area (Å²) < 4.78 is 30.4. The van der Waals surface area contributed by atoms with Crippen LogP contribution in [0.5, 0.6) is 0 Å². The van der Waals surface area contributed by atoms with E-state index in [0.29, 0.717) is 18.0 Å². The number of furan rings is 1. The normalized spacial score (nSPS) is 15.2. The van der Waals surface area contributed by atoms with Crippen LogP contribution in [0, 0.1) is 6.92 Å². The lowest BCUT2D eigenvalue weighted by Crippen LogP contribution is -2.38. The first-order valence-corrected chi connectivity index (χ1v) is 10.3. The first-order chi connectivity index (χ1) is 14.8. The minimum Gasteiger partial charge on any atom is -0.460 e. The molecule has 8 heteroatoms. The Morgan fingerprint density at radius 2 is 1.94 bits per heavy atom. The maximum Gasteiger partial charge on any atom is 0.251 e.